The largest absolute Gasteiger partial charge is 0.343 e. The fraction of sp³-hybridized carbons (Fsp3) is 0.0625. The van der Waals surface area contributed by atoms with Gasteiger partial charge in [0.25, 0.3) is 5.91 Å². The summed E-state index contributed by atoms with van der Waals surface area (Å²) in [4.78, 5) is 23.7. The van der Waals surface area contributed by atoms with E-state index in [0.717, 1.165) is 22.2 Å². The van der Waals surface area contributed by atoms with Crippen LogP contribution < -0.4 is 10.6 Å². The number of amides is 2. The molecular weight excluding hydrogens is 336 g/mol. The number of fused-ring (bicyclic) bond motifs is 1. The Morgan fingerprint density at radius 3 is 2.58 bits per heavy atom. The monoisotopic (exact) mass is 347 g/mol. The van der Waals surface area contributed by atoms with Crippen LogP contribution in [-0.2, 0) is 4.79 Å². The Morgan fingerprint density at radius 2 is 1.83 bits per heavy atom. The van der Waals surface area contributed by atoms with Crippen molar-refractivity contribution in [2.45, 2.75) is 0 Å². The van der Waals surface area contributed by atoms with Crippen molar-refractivity contribution >= 4 is 39.1 Å². The lowest BCUT2D eigenvalue weighted by atomic mass is 10.2. The smallest absolute Gasteiger partial charge is 0.251 e. The van der Waals surface area contributed by atoms with Crippen LogP contribution in [-0.4, -0.2) is 22.7 Å². The Balaban J connectivity index is 1.59. The number of aromatic nitrogens is 1. The minimum atomic E-state index is -0.859. The van der Waals surface area contributed by atoms with Crippen molar-refractivity contribution < 1.29 is 18.4 Å². The molecule has 0 atom stereocenters. The van der Waals surface area contributed by atoms with Gasteiger partial charge in [-0.2, -0.15) is 4.37 Å². The van der Waals surface area contributed by atoms with Gasteiger partial charge in [-0.3, -0.25) is 9.59 Å². The molecule has 2 aromatic carbocycles. The number of carbonyl (C=O) groups excluding carboxylic acids is 2. The predicted octanol–water partition coefficient (Wildman–Crippen LogP) is 2.94. The van der Waals surface area contributed by atoms with Gasteiger partial charge >= 0.3 is 0 Å². The first-order valence-electron chi connectivity index (χ1n) is 6.90. The van der Waals surface area contributed by atoms with Gasteiger partial charge in [-0.1, -0.05) is 0 Å². The Morgan fingerprint density at radius 1 is 1.08 bits per heavy atom. The third-order valence-corrected chi connectivity index (χ3v) is 3.95. The van der Waals surface area contributed by atoms with Crippen molar-refractivity contribution in [1.82, 2.24) is 9.69 Å². The van der Waals surface area contributed by atoms with Crippen molar-refractivity contribution in [3.63, 3.8) is 0 Å². The summed E-state index contributed by atoms with van der Waals surface area (Å²) >= 11 is 1.35. The van der Waals surface area contributed by atoms with Gasteiger partial charge in [0.15, 0.2) is 0 Å². The molecule has 2 N–H and O–H groups in total. The van der Waals surface area contributed by atoms with Crippen molar-refractivity contribution in [2.75, 3.05) is 11.9 Å². The van der Waals surface area contributed by atoms with Gasteiger partial charge in [-0.05, 0) is 41.9 Å². The first-order chi connectivity index (χ1) is 11.5. The molecule has 3 aromatic rings. The minimum absolute atomic E-state index is 0.189. The molecule has 1 aromatic heterocycles. The van der Waals surface area contributed by atoms with Crippen LogP contribution in [0.1, 0.15) is 10.4 Å². The number of halogens is 2. The van der Waals surface area contributed by atoms with Gasteiger partial charge in [-0.15, -0.1) is 0 Å². The minimum Gasteiger partial charge on any atom is -0.343 e. The number of rotatable bonds is 4. The van der Waals surface area contributed by atoms with E-state index in [1.165, 1.54) is 11.5 Å². The highest BCUT2D eigenvalue weighted by atomic mass is 32.1. The zero-order chi connectivity index (χ0) is 17.1. The highest BCUT2D eigenvalue weighted by molar-refractivity contribution is 7.13. The van der Waals surface area contributed by atoms with Crippen molar-refractivity contribution in [3.8, 4) is 0 Å². The Labute approximate surface area is 139 Å². The third kappa shape index (κ3) is 3.72. The standard InChI is InChI=1S/C16H11F2N3O2S/c17-11-3-9(4-12(18)6-11)16(23)19-8-15(22)21-13-1-2-14-10(5-13)7-20-24-14/h1-7H,8H2,(H,19,23)(H,21,22). The lowest BCUT2D eigenvalue weighted by molar-refractivity contribution is -0.115. The summed E-state index contributed by atoms with van der Waals surface area (Å²) in [5.41, 5.74) is 0.379. The van der Waals surface area contributed by atoms with Crippen molar-refractivity contribution in [2.24, 2.45) is 0 Å². The molecule has 0 saturated carbocycles. The van der Waals surface area contributed by atoms with Gasteiger partial charge in [0.1, 0.15) is 11.6 Å². The lowest BCUT2D eigenvalue weighted by Crippen LogP contribution is -2.32. The number of benzene rings is 2. The molecule has 8 heteroatoms. The van der Waals surface area contributed by atoms with Gasteiger partial charge in [0, 0.05) is 28.9 Å². The number of hydrogen-bond donors (Lipinski definition) is 2. The second-order valence-corrected chi connectivity index (χ2v) is 5.80. The SMILES string of the molecule is O=C(CNC(=O)c1cc(F)cc(F)c1)Nc1ccc2sncc2c1. The second kappa shape index (κ2) is 6.71. The van der Waals surface area contributed by atoms with E-state index in [-0.39, 0.29) is 12.1 Å². The predicted molar refractivity (Wildman–Crippen MR) is 86.9 cm³/mol. The van der Waals surface area contributed by atoms with Gasteiger partial charge in [0.2, 0.25) is 5.91 Å². The van der Waals surface area contributed by atoms with Gasteiger partial charge in [0.05, 0.1) is 11.2 Å². The summed E-state index contributed by atoms with van der Waals surface area (Å²) < 4.78 is 31.2. The molecule has 122 valence electrons. The molecule has 0 fully saturated rings. The highest BCUT2D eigenvalue weighted by Crippen LogP contribution is 2.21. The molecule has 5 nitrogen and oxygen atoms in total. The van der Waals surface area contributed by atoms with Crippen LogP contribution in [0.25, 0.3) is 10.1 Å². The number of nitrogens with zero attached hydrogens (tertiary/aromatic N) is 1. The van der Waals surface area contributed by atoms with Crippen LogP contribution in [0, 0.1) is 11.6 Å². The van der Waals surface area contributed by atoms with Crippen LogP contribution in [0.4, 0.5) is 14.5 Å². The maximum atomic E-state index is 13.1. The third-order valence-electron chi connectivity index (χ3n) is 3.17. The summed E-state index contributed by atoms with van der Waals surface area (Å²) in [5, 5.41) is 5.84. The number of nitrogens with one attached hydrogen (secondary N) is 2. The van der Waals surface area contributed by atoms with E-state index in [1.807, 2.05) is 6.07 Å². The van der Waals surface area contributed by atoms with Crippen molar-refractivity contribution in [3.05, 3.63) is 59.8 Å². The zero-order valence-corrected chi connectivity index (χ0v) is 13.0. The topological polar surface area (TPSA) is 71.1 Å². The van der Waals surface area contributed by atoms with E-state index in [2.05, 4.69) is 15.0 Å². The van der Waals surface area contributed by atoms with E-state index >= 15 is 0 Å². The van der Waals surface area contributed by atoms with E-state index in [4.69, 9.17) is 0 Å². The summed E-state index contributed by atoms with van der Waals surface area (Å²) in [6.07, 6.45) is 1.69. The molecule has 0 saturated heterocycles. The second-order valence-electron chi connectivity index (χ2n) is 4.97. The van der Waals surface area contributed by atoms with Crippen LogP contribution in [0.2, 0.25) is 0 Å². The maximum absolute atomic E-state index is 13.1. The first-order valence-corrected chi connectivity index (χ1v) is 7.67. The van der Waals surface area contributed by atoms with Gasteiger partial charge < -0.3 is 10.6 Å². The molecule has 0 unspecified atom stereocenters. The summed E-state index contributed by atoms with van der Waals surface area (Å²) in [6.45, 7) is -0.323. The molecule has 3 rings (SSSR count). The molecule has 0 spiro atoms. The quantitative estimate of drug-likeness (QED) is 0.762. The molecule has 0 aliphatic heterocycles. The zero-order valence-electron chi connectivity index (χ0n) is 12.2. The molecular formula is C16H11F2N3O2S. The fourth-order valence-corrected chi connectivity index (χ4v) is 2.73. The average Bonchev–Trinajstić information content (AvgIpc) is 2.99. The van der Waals surface area contributed by atoms with Crippen LogP contribution >= 0.6 is 11.5 Å². The Kier molecular flexibility index (Phi) is 4.48. The van der Waals surface area contributed by atoms with Crippen LogP contribution in [0.3, 0.4) is 0 Å². The number of hydrogen-bond acceptors (Lipinski definition) is 4. The van der Waals surface area contributed by atoms with Gasteiger partial charge in [-0.25, -0.2) is 8.78 Å². The Bertz CT molecular complexity index is 906. The summed E-state index contributed by atoms with van der Waals surface area (Å²) in [6, 6.07) is 7.78. The fourth-order valence-electron chi connectivity index (χ4n) is 2.10. The maximum Gasteiger partial charge on any atom is 0.251 e. The summed E-state index contributed by atoms with van der Waals surface area (Å²) in [7, 11) is 0. The van der Waals surface area contributed by atoms with E-state index in [0.29, 0.717) is 11.8 Å². The summed E-state index contributed by atoms with van der Waals surface area (Å²) in [5.74, 6) is -2.91. The molecule has 24 heavy (non-hydrogen) atoms. The van der Waals surface area contributed by atoms with Crippen LogP contribution in [0.5, 0.6) is 0 Å². The Hall–Kier alpha value is -2.87. The molecule has 0 radical (unpaired) electrons. The first kappa shape index (κ1) is 16.0. The van der Waals surface area contributed by atoms with E-state index < -0.39 is 23.4 Å². The molecule has 2 amide bonds. The average molecular weight is 347 g/mol. The molecule has 0 aliphatic carbocycles. The van der Waals surface area contributed by atoms with E-state index in [9.17, 15) is 18.4 Å². The van der Waals surface area contributed by atoms with E-state index in [1.54, 1.807) is 18.3 Å². The molecule has 1 heterocycles. The highest BCUT2D eigenvalue weighted by Gasteiger charge is 2.11. The number of anilines is 1. The normalized spacial score (nSPS) is 10.6. The van der Waals surface area contributed by atoms with Crippen LogP contribution in [0.15, 0.2) is 42.6 Å². The number of carbonyl (C=O) groups is 2. The molecule has 0 bridgehead atoms. The lowest BCUT2D eigenvalue weighted by Gasteiger charge is -2.07. The van der Waals surface area contributed by atoms with Crippen molar-refractivity contribution in [1.29, 1.82) is 0 Å². The molecule has 0 aliphatic rings.